The molecule has 0 spiro atoms. The minimum atomic E-state index is -4.08. The fraction of sp³-hybridized carbons (Fsp3) is 0.174. The molecule has 3 aromatic rings. The first-order valence-electron chi connectivity index (χ1n) is 9.73. The van der Waals surface area contributed by atoms with Crippen LogP contribution < -0.4 is 19.1 Å². The first-order chi connectivity index (χ1) is 15.3. The van der Waals surface area contributed by atoms with Crippen LogP contribution in [0.1, 0.15) is 20.8 Å². The molecule has 1 N–H and O–H groups in total. The van der Waals surface area contributed by atoms with E-state index in [1.54, 1.807) is 29.6 Å². The lowest BCUT2D eigenvalue weighted by Crippen LogP contribution is -2.38. The lowest BCUT2D eigenvalue weighted by atomic mass is 10.1. The number of rotatable bonds is 6. The van der Waals surface area contributed by atoms with Crippen molar-refractivity contribution in [1.82, 2.24) is 0 Å². The Labute approximate surface area is 191 Å². The van der Waals surface area contributed by atoms with Crippen molar-refractivity contribution in [2.75, 3.05) is 23.8 Å². The van der Waals surface area contributed by atoms with Crippen LogP contribution in [0.5, 0.6) is 11.5 Å². The number of hydrogen-bond donors (Lipinski definition) is 1. The molecule has 9 heteroatoms. The standard InChI is InChI=1S/C23H22N2O5S2/c1-15-4-6-16(7-5-15)14-25-20-8-9-31-23(20)22(26)21(32(25,27)28)13-24-17-10-18(29-2)12-19(11-17)30-3/h4-13,24H,14H2,1-3H3/b21-13-. The summed E-state index contributed by atoms with van der Waals surface area (Å²) < 4.78 is 38.7. The maximum Gasteiger partial charge on any atom is 0.270 e. The van der Waals surface area contributed by atoms with Gasteiger partial charge in [0.2, 0.25) is 5.78 Å². The van der Waals surface area contributed by atoms with E-state index in [-0.39, 0.29) is 11.4 Å². The molecule has 0 radical (unpaired) electrons. The number of ether oxygens (including phenoxy) is 2. The number of allylic oxidation sites excluding steroid dienone is 1. The second kappa shape index (κ2) is 8.68. The number of thiophene rings is 1. The summed E-state index contributed by atoms with van der Waals surface area (Å²) in [5.74, 6) is 0.534. The van der Waals surface area contributed by atoms with Crippen LogP contribution in [0, 0.1) is 6.92 Å². The number of nitrogens with one attached hydrogen (secondary N) is 1. The third-order valence-electron chi connectivity index (χ3n) is 5.08. The molecule has 2 aromatic carbocycles. The number of ketones is 1. The van der Waals surface area contributed by atoms with Gasteiger partial charge in [-0.1, -0.05) is 29.8 Å². The number of fused-ring (bicyclic) bond motifs is 1. The smallest absolute Gasteiger partial charge is 0.270 e. The molecule has 4 rings (SSSR count). The first-order valence-corrected chi connectivity index (χ1v) is 12.1. The quantitative estimate of drug-likeness (QED) is 0.532. The van der Waals surface area contributed by atoms with Gasteiger partial charge in [0.25, 0.3) is 10.0 Å². The third-order valence-corrected chi connectivity index (χ3v) is 7.75. The van der Waals surface area contributed by atoms with E-state index in [0.717, 1.165) is 11.1 Å². The van der Waals surface area contributed by atoms with Crippen LogP contribution in [-0.4, -0.2) is 28.4 Å². The van der Waals surface area contributed by atoms with Gasteiger partial charge in [-0.15, -0.1) is 11.3 Å². The fourth-order valence-electron chi connectivity index (χ4n) is 3.36. The van der Waals surface area contributed by atoms with E-state index >= 15 is 0 Å². The van der Waals surface area contributed by atoms with Crippen molar-refractivity contribution >= 4 is 38.5 Å². The number of methoxy groups -OCH3 is 2. The van der Waals surface area contributed by atoms with Crippen LogP contribution in [-0.2, 0) is 16.6 Å². The molecule has 7 nitrogen and oxygen atoms in total. The Morgan fingerprint density at radius 2 is 1.69 bits per heavy atom. The van der Waals surface area contributed by atoms with E-state index in [9.17, 15) is 13.2 Å². The lowest BCUT2D eigenvalue weighted by Gasteiger charge is -2.29. The number of carbonyl (C=O) groups excluding carboxylic acids is 1. The van der Waals surface area contributed by atoms with E-state index in [1.807, 2.05) is 31.2 Å². The van der Waals surface area contributed by atoms with Crippen LogP contribution in [0.15, 0.2) is 65.0 Å². The minimum absolute atomic E-state index is 0.129. The van der Waals surface area contributed by atoms with Crippen LogP contribution in [0.2, 0.25) is 0 Å². The van der Waals surface area contributed by atoms with E-state index in [4.69, 9.17) is 9.47 Å². The average molecular weight is 471 g/mol. The number of carbonyl (C=O) groups is 1. The summed E-state index contributed by atoms with van der Waals surface area (Å²) in [5, 5.41) is 4.65. The number of aryl methyl sites for hydroxylation is 1. The predicted molar refractivity (Wildman–Crippen MR) is 126 cm³/mol. The highest BCUT2D eigenvalue weighted by atomic mass is 32.2. The van der Waals surface area contributed by atoms with Gasteiger partial charge in [-0.05, 0) is 23.9 Å². The molecule has 0 bridgehead atoms. The van der Waals surface area contributed by atoms with Crippen LogP contribution in [0.25, 0.3) is 0 Å². The maximum absolute atomic E-state index is 13.5. The minimum Gasteiger partial charge on any atom is -0.497 e. The van der Waals surface area contributed by atoms with E-state index in [2.05, 4.69) is 5.32 Å². The third kappa shape index (κ3) is 4.09. The zero-order valence-corrected chi connectivity index (χ0v) is 19.4. The topological polar surface area (TPSA) is 84.9 Å². The monoisotopic (exact) mass is 470 g/mol. The first kappa shape index (κ1) is 21.9. The van der Waals surface area contributed by atoms with Crippen molar-refractivity contribution in [1.29, 1.82) is 0 Å². The molecule has 0 aliphatic carbocycles. The summed E-state index contributed by atoms with van der Waals surface area (Å²) in [7, 11) is -1.04. The van der Waals surface area contributed by atoms with Crippen molar-refractivity contribution in [3.8, 4) is 11.5 Å². The number of sulfonamides is 1. The zero-order valence-electron chi connectivity index (χ0n) is 17.8. The lowest BCUT2D eigenvalue weighted by molar-refractivity contribution is 0.104. The molecular weight excluding hydrogens is 448 g/mol. The van der Waals surface area contributed by atoms with Crippen molar-refractivity contribution < 1.29 is 22.7 Å². The summed E-state index contributed by atoms with van der Waals surface area (Å²) in [6.07, 6.45) is 1.23. The Bertz CT molecular complexity index is 1270. The molecule has 0 atom stereocenters. The molecule has 0 fully saturated rings. The number of anilines is 2. The van der Waals surface area contributed by atoms with Crippen LogP contribution in [0.3, 0.4) is 0 Å². The largest absolute Gasteiger partial charge is 0.497 e. The highest BCUT2D eigenvalue weighted by molar-refractivity contribution is 7.97. The van der Waals surface area contributed by atoms with Crippen molar-refractivity contribution in [3.63, 3.8) is 0 Å². The Hall–Kier alpha value is -3.30. The molecule has 1 aliphatic rings. The molecule has 166 valence electrons. The molecule has 0 saturated heterocycles. The van der Waals surface area contributed by atoms with Gasteiger partial charge in [0.15, 0.2) is 4.91 Å². The van der Waals surface area contributed by atoms with Gasteiger partial charge in [-0.3, -0.25) is 9.10 Å². The van der Waals surface area contributed by atoms with Gasteiger partial charge in [0.05, 0.1) is 26.5 Å². The molecule has 1 aromatic heterocycles. The summed E-state index contributed by atoms with van der Waals surface area (Å²) in [5.41, 5.74) is 2.84. The Morgan fingerprint density at radius 1 is 1.03 bits per heavy atom. The van der Waals surface area contributed by atoms with Gasteiger partial charge in [0.1, 0.15) is 16.4 Å². The SMILES string of the molecule is COc1cc(N/C=C2/C(=O)c3sccc3N(Cc3ccc(C)cc3)S2(=O)=O)cc(OC)c1. The second-order valence-electron chi connectivity index (χ2n) is 7.22. The maximum atomic E-state index is 13.5. The average Bonchev–Trinajstić information content (AvgIpc) is 3.27. The molecular formula is C23H22N2O5S2. The van der Waals surface area contributed by atoms with Gasteiger partial charge < -0.3 is 14.8 Å². The number of benzene rings is 2. The summed E-state index contributed by atoms with van der Waals surface area (Å²) in [6, 6.07) is 14.4. The van der Waals surface area contributed by atoms with E-state index in [1.165, 1.54) is 36.1 Å². The van der Waals surface area contributed by atoms with Gasteiger partial charge >= 0.3 is 0 Å². The number of hydrogen-bond acceptors (Lipinski definition) is 7. The van der Waals surface area contributed by atoms with Gasteiger partial charge in [-0.25, -0.2) is 8.42 Å². The predicted octanol–water partition coefficient (Wildman–Crippen LogP) is 4.56. The van der Waals surface area contributed by atoms with Crippen molar-refractivity contribution in [3.05, 3.63) is 81.0 Å². The second-order valence-corrected chi connectivity index (χ2v) is 9.96. The van der Waals surface area contributed by atoms with Crippen molar-refractivity contribution in [2.45, 2.75) is 13.5 Å². The summed E-state index contributed by atoms with van der Waals surface area (Å²) in [6.45, 7) is 2.10. The molecule has 1 aliphatic heterocycles. The molecule has 0 saturated carbocycles. The van der Waals surface area contributed by atoms with Gasteiger partial charge in [0, 0.05) is 30.1 Å². The normalized spacial score (nSPS) is 16.0. The number of nitrogens with zero attached hydrogens (tertiary/aromatic N) is 1. The van der Waals surface area contributed by atoms with Crippen LogP contribution >= 0.6 is 11.3 Å². The zero-order chi connectivity index (χ0) is 22.9. The van der Waals surface area contributed by atoms with Gasteiger partial charge in [-0.2, -0.15) is 0 Å². The fourth-order valence-corrected chi connectivity index (χ4v) is 5.84. The summed E-state index contributed by atoms with van der Waals surface area (Å²) >= 11 is 1.22. The molecule has 0 unspecified atom stereocenters. The summed E-state index contributed by atoms with van der Waals surface area (Å²) in [4.78, 5) is 13.1. The Morgan fingerprint density at radius 3 is 2.31 bits per heavy atom. The Kier molecular flexibility index (Phi) is 5.94. The van der Waals surface area contributed by atoms with E-state index in [0.29, 0.717) is 27.8 Å². The highest BCUT2D eigenvalue weighted by Crippen LogP contribution is 2.39. The van der Waals surface area contributed by atoms with E-state index < -0.39 is 15.8 Å². The van der Waals surface area contributed by atoms with Crippen molar-refractivity contribution in [2.24, 2.45) is 0 Å². The molecule has 32 heavy (non-hydrogen) atoms. The highest BCUT2D eigenvalue weighted by Gasteiger charge is 2.41. The Balaban J connectivity index is 1.73. The molecule has 0 amide bonds. The number of Topliss-reactive ketones (excluding diaryl/α,β-unsaturated/α-hetero) is 1. The van der Waals surface area contributed by atoms with Crippen LogP contribution in [0.4, 0.5) is 11.4 Å². The molecule has 2 heterocycles.